The minimum atomic E-state index is 0.704. The van der Waals surface area contributed by atoms with Gasteiger partial charge in [0.15, 0.2) is 5.65 Å². The van der Waals surface area contributed by atoms with E-state index in [9.17, 15) is 0 Å². The number of piperidine rings is 1. The zero-order valence-electron chi connectivity index (χ0n) is 14.8. The van der Waals surface area contributed by atoms with Gasteiger partial charge < -0.3 is 9.80 Å². The van der Waals surface area contributed by atoms with E-state index in [0.717, 1.165) is 42.1 Å². The van der Waals surface area contributed by atoms with Crippen LogP contribution in [0.1, 0.15) is 32.0 Å². The van der Waals surface area contributed by atoms with Crippen LogP contribution >= 0.6 is 0 Å². The normalized spacial score (nSPS) is 19.4. The van der Waals surface area contributed by atoms with Crippen molar-refractivity contribution >= 4 is 16.9 Å². The summed E-state index contributed by atoms with van der Waals surface area (Å²) in [7, 11) is 6.32. The van der Waals surface area contributed by atoms with Crippen molar-refractivity contribution < 1.29 is 0 Å². The number of fused-ring (bicyclic) bond motifs is 1. The molecule has 0 radical (unpaired) electrons. The van der Waals surface area contributed by atoms with E-state index in [1.165, 1.54) is 25.9 Å². The number of aryl methyl sites for hydroxylation is 2. The first-order chi connectivity index (χ1) is 11.1. The van der Waals surface area contributed by atoms with E-state index >= 15 is 0 Å². The minimum absolute atomic E-state index is 0.704. The molecule has 0 spiro atoms. The van der Waals surface area contributed by atoms with Gasteiger partial charge in [-0.1, -0.05) is 6.92 Å². The zero-order chi connectivity index (χ0) is 16.4. The lowest BCUT2D eigenvalue weighted by Gasteiger charge is -2.33. The first kappa shape index (κ1) is 16.2. The largest absolute Gasteiger partial charge is 0.359 e. The Labute approximate surface area is 138 Å². The number of anilines is 1. The maximum absolute atomic E-state index is 4.84. The predicted molar refractivity (Wildman–Crippen MR) is 93.8 cm³/mol. The molecule has 126 valence electrons. The maximum Gasteiger partial charge on any atom is 0.163 e. The number of nitrogens with zero attached hydrogens (tertiary/aromatic N) is 6. The molecule has 2 aromatic rings. The van der Waals surface area contributed by atoms with E-state index in [1.54, 1.807) is 0 Å². The molecule has 3 rings (SSSR count). The van der Waals surface area contributed by atoms with Gasteiger partial charge in [-0.3, -0.25) is 4.68 Å². The molecule has 23 heavy (non-hydrogen) atoms. The monoisotopic (exact) mass is 316 g/mol. The molecule has 0 saturated carbocycles. The van der Waals surface area contributed by atoms with Crippen LogP contribution < -0.4 is 4.90 Å². The van der Waals surface area contributed by atoms with Gasteiger partial charge in [0.2, 0.25) is 0 Å². The highest BCUT2D eigenvalue weighted by atomic mass is 15.3. The van der Waals surface area contributed by atoms with Crippen LogP contribution in [0, 0.1) is 5.92 Å². The van der Waals surface area contributed by atoms with Gasteiger partial charge in [0.05, 0.1) is 11.6 Å². The van der Waals surface area contributed by atoms with Gasteiger partial charge in [0.1, 0.15) is 11.6 Å². The smallest absolute Gasteiger partial charge is 0.163 e. The molecule has 1 saturated heterocycles. The molecule has 0 bridgehead atoms. The second-order valence-corrected chi connectivity index (χ2v) is 6.87. The van der Waals surface area contributed by atoms with E-state index in [2.05, 4.69) is 40.9 Å². The molecule has 2 aromatic heterocycles. The average molecular weight is 316 g/mol. The van der Waals surface area contributed by atoms with Crippen molar-refractivity contribution in [2.24, 2.45) is 13.0 Å². The molecule has 6 heteroatoms. The number of aromatic nitrogens is 4. The summed E-state index contributed by atoms with van der Waals surface area (Å²) in [6.07, 6.45) is 6.46. The zero-order valence-corrected chi connectivity index (χ0v) is 14.8. The van der Waals surface area contributed by atoms with Crippen LogP contribution in [-0.4, -0.2) is 58.4 Å². The Kier molecular flexibility index (Phi) is 4.80. The summed E-state index contributed by atoms with van der Waals surface area (Å²) >= 11 is 0. The fourth-order valence-electron chi connectivity index (χ4n) is 3.57. The van der Waals surface area contributed by atoms with Crippen LogP contribution in [0.2, 0.25) is 0 Å². The molecule has 1 atom stereocenters. The molecule has 1 fully saturated rings. The third kappa shape index (κ3) is 3.47. The Hall–Kier alpha value is -1.69. The molecule has 0 unspecified atom stereocenters. The third-order valence-electron chi connectivity index (χ3n) is 4.71. The summed E-state index contributed by atoms with van der Waals surface area (Å²) in [5, 5.41) is 5.43. The van der Waals surface area contributed by atoms with Crippen molar-refractivity contribution in [1.82, 2.24) is 24.6 Å². The molecule has 0 aromatic carbocycles. The highest BCUT2D eigenvalue weighted by Crippen LogP contribution is 2.25. The Balaban J connectivity index is 1.87. The SMILES string of the molecule is CCCc1nc(N(C)C[C@H]2CCCN(C)C2)c2cnn(C)c2n1. The number of hydrogen-bond acceptors (Lipinski definition) is 5. The number of likely N-dealkylation sites (tertiary alicyclic amines) is 1. The van der Waals surface area contributed by atoms with Gasteiger partial charge in [-0.2, -0.15) is 5.10 Å². The van der Waals surface area contributed by atoms with E-state index in [0.29, 0.717) is 5.92 Å². The van der Waals surface area contributed by atoms with Gasteiger partial charge >= 0.3 is 0 Å². The van der Waals surface area contributed by atoms with Crippen molar-refractivity contribution in [2.45, 2.75) is 32.6 Å². The third-order valence-corrected chi connectivity index (χ3v) is 4.71. The van der Waals surface area contributed by atoms with Gasteiger partial charge in [0.25, 0.3) is 0 Å². The topological polar surface area (TPSA) is 50.1 Å². The van der Waals surface area contributed by atoms with Crippen LogP contribution in [-0.2, 0) is 13.5 Å². The summed E-state index contributed by atoms with van der Waals surface area (Å²) in [6, 6.07) is 0. The van der Waals surface area contributed by atoms with Gasteiger partial charge in [-0.05, 0) is 38.8 Å². The van der Waals surface area contributed by atoms with E-state index < -0.39 is 0 Å². The van der Waals surface area contributed by atoms with Crippen LogP contribution in [0.3, 0.4) is 0 Å². The van der Waals surface area contributed by atoms with Gasteiger partial charge in [0, 0.05) is 33.6 Å². The molecular weight excluding hydrogens is 288 g/mol. The number of hydrogen-bond donors (Lipinski definition) is 0. The summed E-state index contributed by atoms with van der Waals surface area (Å²) in [5.74, 6) is 2.65. The van der Waals surface area contributed by atoms with Crippen molar-refractivity contribution in [2.75, 3.05) is 38.6 Å². The summed E-state index contributed by atoms with van der Waals surface area (Å²) in [6.45, 7) is 5.60. The molecule has 1 aliphatic rings. The molecule has 6 nitrogen and oxygen atoms in total. The molecular formula is C17H28N6. The van der Waals surface area contributed by atoms with E-state index in [1.807, 2.05) is 17.9 Å². The number of rotatable bonds is 5. The lowest BCUT2D eigenvalue weighted by Crippen LogP contribution is -2.38. The van der Waals surface area contributed by atoms with Crippen LogP contribution in [0.15, 0.2) is 6.20 Å². The standard InChI is InChI=1S/C17H28N6/c1-5-7-15-19-16(14-10-18-23(4)17(14)20-15)22(3)12-13-8-6-9-21(2)11-13/h10,13H,5-9,11-12H2,1-4H3/t13-/m0/s1. The van der Waals surface area contributed by atoms with E-state index in [4.69, 9.17) is 4.98 Å². The molecule has 0 amide bonds. The second-order valence-electron chi connectivity index (χ2n) is 6.87. The van der Waals surface area contributed by atoms with Crippen molar-refractivity contribution in [3.05, 3.63) is 12.0 Å². The minimum Gasteiger partial charge on any atom is -0.359 e. The highest BCUT2D eigenvalue weighted by Gasteiger charge is 2.21. The highest BCUT2D eigenvalue weighted by molar-refractivity contribution is 5.86. The molecule has 3 heterocycles. The van der Waals surface area contributed by atoms with Crippen LogP contribution in [0.5, 0.6) is 0 Å². The average Bonchev–Trinajstić information content (AvgIpc) is 2.88. The Bertz CT molecular complexity index is 664. The fraction of sp³-hybridized carbons (Fsp3) is 0.706. The molecule has 0 aliphatic carbocycles. The second kappa shape index (κ2) is 6.83. The van der Waals surface area contributed by atoms with Crippen LogP contribution in [0.4, 0.5) is 5.82 Å². The first-order valence-electron chi connectivity index (χ1n) is 8.66. The van der Waals surface area contributed by atoms with Gasteiger partial charge in [-0.15, -0.1) is 0 Å². The summed E-state index contributed by atoms with van der Waals surface area (Å²) < 4.78 is 1.85. The molecule has 0 N–H and O–H groups in total. The Morgan fingerprint density at radius 3 is 2.87 bits per heavy atom. The maximum atomic E-state index is 4.84. The van der Waals surface area contributed by atoms with Crippen molar-refractivity contribution in [1.29, 1.82) is 0 Å². The van der Waals surface area contributed by atoms with Gasteiger partial charge in [-0.25, -0.2) is 9.97 Å². The quantitative estimate of drug-likeness (QED) is 0.845. The van der Waals surface area contributed by atoms with E-state index in [-0.39, 0.29) is 0 Å². The Morgan fingerprint density at radius 2 is 2.13 bits per heavy atom. The predicted octanol–water partition coefficient (Wildman–Crippen LogP) is 2.09. The Morgan fingerprint density at radius 1 is 1.30 bits per heavy atom. The fourth-order valence-corrected chi connectivity index (χ4v) is 3.57. The lowest BCUT2D eigenvalue weighted by atomic mass is 9.98. The molecule has 1 aliphatic heterocycles. The summed E-state index contributed by atoms with van der Waals surface area (Å²) in [4.78, 5) is 14.3. The summed E-state index contributed by atoms with van der Waals surface area (Å²) in [5.41, 5.74) is 0.936. The van der Waals surface area contributed by atoms with Crippen molar-refractivity contribution in [3.63, 3.8) is 0 Å². The van der Waals surface area contributed by atoms with Crippen LogP contribution in [0.25, 0.3) is 11.0 Å². The first-order valence-corrected chi connectivity index (χ1v) is 8.66. The lowest BCUT2D eigenvalue weighted by molar-refractivity contribution is 0.213. The van der Waals surface area contributed by atoms with Crippen molar-refractivity contribution in [3.8, 4) is 0 Å².